The summed E-state index contributed by atoms with van der Waals surface area (Å²) in [5.74, 6) is 0.938. The van der Waals surface area contributed by atoms with Gasteiger partial charge in [0.25, 0.3) is 5.91 Å². The molecule has 0 unspecified atom stereocenters. The fourth-order valence-electron chi connectivity index (χ4n) is 2.69. The molecule has 1 aromatic carbocycles. The van der Waals surface area contributed by atoms with Gasteiger partial charge in [0.1, 0.15) is 5.82 Å². The summed E-state index contributed by atoms with van der Waals surface area (Å²) in [5, 5.41) is 3.09. The third kappa shape index (κ3) is 2.95. The van der Waals surface area contributed by atoms with Crippen molar-refractivity contribution in [2.75, 3.05) is 0 Å². The van der Waals surface area contributed by atoms with Crippen LogP contribution in [0.4, 0.5) is 0 Å². The zero-order valence-electron chi connectivity index (χ0n) is 13.5. The predicted octanol–water partition coefficient (Wildman–Crippen LogP) is 3.10. The van der Waals surface area contributed by atoms with E-state index in [2.05, 4.69) is 24.1 Å². The molecule has 0 spiro atoms. The average molecular weight is 308 g/mol. The lowest BCUT2D eigenvalue weighted by atomic mass is 10.0. The van der Waals surface area contributed by atoms with Crippen molar-refractivity contribution in [1.82, 2.24) is 19.9 Å². The van der Waals surface area contributed by atoms with Crippen molar-refractivity contribution in [3.63, 3.8) is 0 Å². The van der Waals surface area contributed by atoms with E-state index in [0.717, 1.165) is 16.9 Å². The Morgan fingerprint density at radius 3 is 2.61 bits per heavy atom. The molecule has 1 amide bonds. The maximum Gasteiger partial charge on any atom is 0.253 e. The molecular formula is C18H20N4O. The van der Waals surface area contributed by atoms with Gasteiger partial charge < -0.3 is 9.88 Å². The average Bonchev–Trinajstić information content (AvgIpc) is 2.90. The lowest BCUT2D eigenvalue weighted by Crippen LogP contribution is -2.33. The lowest BCUT2D eigenvalue weighted by Gasteiger charge is -2.22. The Bertz CT molecular complexity index is 823. The first kappa shape index (κ1) is 15.2. The highest BCUT2D eigenvalue weighted by atomic mass is 16.1. The largest absolute Gasteiger partial charge is 0.342 e. The maximum absolute atomic E-state index is 12.5. The van der Waals surface area contributed by atoms with Crippen molar-refractivity contribution >= 4 is 16.9 Å². The Kier molecular flexibility index (Phi) is 4.10. The van der Waals surface area contributed by atoms with E-state index in [0.29, 0.717) is 5.56 Å². The molecule has 5 nitrogen and oxygen atoms in total. The van der Waals surface area contributed by atoms with Crippen molar-refractivity contribution in [3.8, 4) is 0 Å². The number of hydrogen-bond acceptors (Lipinski definition) is 3. The van der Waals surface area contributed by atoms with Crippen molar-refractivity contribution in [3.05, 3.63) is 60.2 Å². The Balaban J connectivity index is 1.95. The number of imidazole rings is 1. The molecule has 0 aliphatic carbocycles. The molecule has 1 N–H and O–H groups in total. The fourth-order valence-corrected chi connectivity index (χ4v) is 2.69. The summed E-state index contributed by atoms with van der Waals surface area (Å²) in [6.45, 7) is 4.15. The van der Waals surface area contributed by atoms with Gasteiger partial charge in [-0.05, 0) is 30.2 Å². The van der Waals surface area contributed by atoms with Crippen LogP contribution in [0, 0.1) is 5.92 Å². The van der Waals surface area contributed by atoms with Crippen LogP contribution in [0.2, 0.25) is 0 Å². The number of carbonyl (C=O) groups is 1. The first-order valence-corrected chi connectivity index (χ1v) is 7.70. The Morgan fingerprint density at radius 2 is 1.96 bits per heavy atom. The number of rotatable bonds is 4. The molecule has 3 aromatic rings. The monoisotopic (exact) mass is 308 g/mol. The summed E-state index contributed by atoms with van der Waals surface area (Å²) < 4.78 is 2.05. The molecule has 23 heavy (non-hydrogen) atoms. The van der Waals surface area contributed by atoms with E-state index in [1.165, 1.54) is 0 Å². The van der Waals surface area contributed by atoms with E-state index in [1.807, 2.05) is 35.9 Å². The number of fused-ring (bicyclic) bond motifs is 1. The summed E-state index contributed by atoms with van der Waals surface area (Å²) >= 11 is 0. The Hall–Kier alpha value is -2.69. The number of nitrogens with one attached hydrogen (secondary N) is 1. The number of benzene rings is 1. The first-order valence-electron chi connectivity index (χ1n) is 7.70. The van der Waals surface area contributed by atoms with E-state index in [4.69, 9.17) is 4.98 Å². The third-order valence-electron chi connectivity index (χ3n) is 3.98. The van der Waals surface area contributed by atoms with Gasteiger partial charge in [-0.25, -0.2) is 4.98 Å². The van der Waals surface area contributed by atoms with Crippen LogP contribution in [0.1, 0.15) is 36.1 Å². The highest BCUT2D eigenvalue weighted by molar-refractivity contribution is 5.94. The van der Waals surface area contributed by atoms with Gasteiger partial charge in [0.05, 0.1) is 22.6 Å². The SMILES string of the molecule is CC(C)[C@H](NC(=O)c1cccnc1)c1nc2ccccc2n1C. The third-order valence-corrected chi connectivity index (χ3v) is 3.98. The number of para-hydroxylation sites is 2. The number of aryl methyl sites for hydroxylation is 1. The molecule has 0 radical (unpaired) electrons. The van der Waals surface area contributed by atoms with Gasteiger partial charge in [-0.1, -0.05) is 26.0 Å². The predicted molar refractivity (Wildman–Crippen MR) is 90.0 cm³/mol. The van der Waals surface area contributed by atoms with Gasteiger partial charge in [0, 0.05) is 19.4 Å². The Labute approximate surface area is 135 Å². The second-order valence-corrected chi connectivity index (χ2v) is 5.95. The van der Waals surface area contributed by atoms with Crippen LogP contribution < -0.4 is 5.32 Å². The van der Waals surface area contributed by atoms with E-state index in [9.17, 15) is 4.79 Å². The van der Waals surface area contributed by atoms with Gasteiger partial charge in [-0.2, -0.15) is 0 Å². The van der Waals surface area contributed by atoms with Crippen LogP contribution in [0.15, 0.2) is 48.8 Å². The number of pyridine rings is 1. The summed E-state index contributed by atoms with van der Waals surface area (Å²) in [6, 6.07) is 11.3. The highest BCUT2D eigenvalue weighted by Crippen LogP contribution is 2.25. The zero-order valence-corrected chi connectivity index (χ0v) is 13.5. The van der Waals surface area contributed by atoms with Crippen molar-refractivity contribution < 1.29 is 4.79 Å². The molecule has 2 heterocycles. The lowest BCUT2D eigenvalue weighted by molar-refractivity contribution is 0.0922. The molecule has 0 bridgehead atoms. The number of amides is 1. The maximum atomic E-state index is 12.5. The molecule has 118 valence electrons. The standard InChI is InChI=1S/C18H20N4O/c1-12(2)16(21-18(23)13-7-6-10-19-11-13)17-20-14-8-4-5-9-15(14)22(17)3/h4-12,16H,1-3H3,(H,21,23)/t16-/m0/s1. The molecule has 5 heteroatoms. The molecule has 0 aliphatic heterocycles. The van der Waals surface area contributed by atoms with E-state index >= 15 is 0 Å². The van der Waals surface area contributed by atoms with E-state index in [1.54, 1.807) is 24.5 Å². The quantitative estimate of drug-likeness (QED) is 0.805. The summed E-state index contributed by atoms with van der Waals surface area (Å²) in [4.78, 5) is 21.2. The first-order chi connectivity index (χ1) is 11.1. The molecule has 2 aromatic heterocycles. The van der Waals surface area contributed by atoms with E-state index < -0.39 is 0 Å². The molecule has 1 atom stereocenters. The van der Waals surface area contributed by atoms with Crippen molar-refractivity contribution in [2.45, 2.75) is 19.9 Å². The summed E-state index contributed by atoms with van der Waals surface area (Å²) in [7, 11) is 1.98. The van der Waals surface area contributed by atoms with Gasteiger partial charge >= 0.3 is 0 Å². The minimum absolute atomic E-state index is 0.135. The summed E-state index contributed by atoms with van der Waals surface area (Å²) in [6.07, 6.45) is 3.23. The fraction of sp³-hybridized carbons (Fsp3) is 0.278. The Morgan fingerprint density at radius 1 is 1.17 bits per heavy atom. The van der Waals surface area contributed by atoms with Crippen LogP contribution in [0.25, 0.3) is 11.0 Å². The molecule has 0 saturated heterocycles. The normalized spacial score (nSPS) is 12.5. The topological polar surface area (TPSA) is 59.8 Å². The summed E-state index contributed by atoms with van der Waals surface area (Å²) in [5.41, 5.74) is 2.55. The van der Waals surface area contributed by atoms with Crippen molar-refractivity contribution in [1.29, 1.82) is 0 Å². The molecule has 0 fully saturated rings. The molecule has 0 saturated carbocycles. The van der Waals surface area contributed by atoms with Gasteiger partial charge in [-0.15, -0.1) is 0 Å². The zero-order chi connectivity index (χ0) is 16.4. The second-order valence-electron chi connectivity index (χ2n) is 5.95. The van der Waals surface area contributed by atoms with Crippen molar-refractivity contribution in [2.24, 2.45) is 13.0 Å². The number of carbonyl (C=O) groups excluding carboxylic acids is 1. The highest BCUT2D eigenvalue weighted by Gasteiger charge is 2.24. The number of aromatic nitrogens is 3. The smallest absolute Gasteiger partial charge is 0.253 e. The molecular weight excluding hydrogens is 288 g/mol. The van der Waals surface area contributed by atoms with Gasteiger partial charge in [0.2, 0.25) is 0 Å². The second kappa shape index (κ2) is 6.20. The van der Waals surface area contributed by atoms with Crippen LogP contribution >= 0.6 is 0 Å². The van der Waals surface area contributed by atoms with E-state index in [-0.39, 0.29) is 17.9 Å². The number of hydrogen-bond donors (Lipinski definition) is 1. The van der Waals surface area contributed by atoms with Crippen LogP contribution in [0.3, 0.4) is 0 Å². The minimum atomic E-state index is -0.167. The number of nitrogens with zero attached hydrogens (tertiary/aromatic N) is 3. The van der Waals surface area contributed by atoms with Crippen LogP contribution in [-0.4, -0.2) is 20.4 Å². The van der Waals surface area contributed by atoms with Crippen LogP contribution in [0.5, 0.6) is 0 Å². The molecule has 0 aliphatic rings. The van der Waals surface area contributed by atoms with Crippen LogP contribution in [-0.2, 0) is 7.05 Å². The molecule has 3 rings (SSSR count). The van der Waals surface area contributed by atoms with Gasteiger partial charge in [-0.3, -0.25) is 9.78 Å². The van der Waals surface area contributed by atoms with Gasteiger partial charge in [0.15, 0.2) is 0 Å². The minimum Gasteiger partial charge on any atom is -0.342 e.